The SMILES string of the molecule is NCCCCCCNC(=O)c1ccc(CSc2nc(Cl)cc(N3CCCCC3)n2)cc1. The summed E-state index contributed by atoms with van der Waals surface area (Å²) >= 11 is 7.80. The Hall–Kier alpha value is -1.83. The number of benzene rings is 1. The highest BCUT2D eigenvalue weighted by Crippen LogP contribution is 2.26. The highest BCUT2D eigenvalue weighted by Gasteiger charge is 2.14. The van der Waals surface area contributed by atoms with E-state index in [1.54, 1.807) is 11.8 Å². The van der Waals surface area contributed by atoms with Gasteiger partial charge in [0.05, 0.1) is 0 Å². The van der Waals surface area contributed by atoms with E-state index >= 15 is 0 Å². The third-order valence-electron chi connectivity index (χ3n) is 5.34. The molecule has 1 aromatic heterocycles. The molecule has 2 aromatic rings. The molecule has 3 rings (SSSR count). The van der Waals surface area contributed by atoms with Crippen molar-refractivity contribution in [2.24, 2.45) is 5.73 Å². The van der Waals surface area contributed by atoms with Gasteiger partial charge in [-0.05, 0) is 56.3 Å². The summed E-state index contributed by atoms with van der Waals surface area (Å²) in [4.78, 5) is 23.6. The van der Waals surface area contributed by atoms with Crippen LogP contribution >= 0.6 is 23.4 Å². The summed E-state index contributed by atoms with van der Waals surface area (Å²) < 4.78 is 0. The maximum absolute atomic E-state index is 12.3. The predicted octanol–water partition coefficient (Wildman–Crippen LogP) is 4.66. The summed E-state index contributed by atoms with van der Waals surface area (Å²) in [6.45, 7) is 3.48. The normalized spacial score (nSPS) is 13.9. The second kappa shape index (κ2) is 12.9. The van der Waals surface area contributed by atoms with Crippen molar-refractivity contribution in [3.8, 4) is 0 Å². The number of anilines is 1. The Labute approximate surface area is 194 Å². The number of amides is 1. The molecule has 1 aliphatic rings. The van der Waals surface area contributed by atoms with E-state index in [0.717, 1.165) is 62.5 Å². The van der Waals surface area contributed by atoms with Crippen LogP contribution in [0.2, 0.25) is 5.15 Å². The highest BCUT2D eigenvalue weighted by molar-refractivity contribution is 7.98. The largest absolute Gasteiger partial charge is 0.356 e. The van der Waals surface area contributed by atoms with Crippen molar-refractivity contribution in [1.82, 2.24) is 15.3 Å². The smallest absolute Gasteiger partial charge is 0.251 e. The Morgan fingerprint density at radius 2 is 1.81 bits per heavy atom. The van der Waals surface area contributed by atoms with Crippen LogP contribution in [0.5, 0.6) is 0 Å². The van der Waals surface area contributed by atoms with Gasteiger partial charge in [-0.15, -0.1) is 0 Å². The van der Waals surface area contributed by atoms with E-state index in [9.17, 15) is 4.79 Å². The lowest BCUT2D eigenvalue weighted by Crippen LogP contribution is -2.30. The number of unbranched alkanes of at least 4 members (excludes halogenated alkanes) is 3. The summed E-state index contributed by atoms with van der Waals surface area (Å²) in [5.74, 6) is 1.61. The highest BCUT2D eigenvalue weighted by atomic mass is 35.5. The Kier molecular flexibility index (Phi) is 9.90. The van der Waals surface area contributed by atoms with Gasteiger partial charge in [-0.25, -0.2) is 9.97 Å². The van der Waals surface area contributed by atoms with Gasteiger partial charge in [-0.3, -0.25) is 4.79 Å². The van der Waals surface area contributed by atoms with Gasteiger partial charge in [-0.1, -0.05) is 48.3 Å². The van der Waals surface area contributed by atoms with E-state index < -0.39 is 0 Å². The van der Waals surface area contributed by atoms with Gasteiger partial charge in [0.15, 0.2) is 5.16 Å². The number of aromatic nitrogens is 2. The lowest BCUT2D eigenvalue weighted by molar-refractivity contribution is 0.0953. The number of halogens is 1. The molecule has 0 unspecified atom stereocenters. The fourth-order valence-electron chi connectivity index (χ4n) is 3.56. The van der Waals surface area contributed by atoms with E-state index in [4.69, 9.17) is 22.3 Å². The molecule has 0 aliphatic carbocycles. The molecule has 2 heterocycles. The molecule has 0 bridgehead atoms. The molecular weight excluding hydrogens is 430 g/mol. The number of piperidine rings is 1. The lowest BCUT2D eigenvalue weighted by atomic mass is 10.1. The van der Waals surface area contributed by atoms with Crippen LogP contribution in [0, 0.1) is 0 Å². The van der Waals surface area contributed by atoms with Crippen LogP contribution in [0.25, 0.3) is 0 Å². The van der Waals surface area contributed by atoms with E-state index in [-0.39, 0.29) is 5.91 Å². The summed E-state index contributed by atoms with van der Waals surface area (Å²) in [5.41, 5.74) is 7.29. The van der Waals surface area contributed by atoms with Crippen molar-refractivity contribution < 1.29 is 4.79 Å². The topological polar surface area (TPSA) is 84.1 Å². The molecule has 1 saturated heterocycles. The molecule has 1 aromatic carbocycles. The predicted molar refractivity (Wildman–Crippen MR) is 129 cm³/mol. The van der Waals surface area contributed by atoms with Crippen LogP contribution in [0.3, 0.4) is 0 Å². The van der Waals surface area contributed by atoms with Crippen molar-refractivity contribution in [2.45, 2.75) is 55.9 Å². The van der Waals surface area contributed by atoms with Gasteiger partial charge in [0.1, 0.15) is 11.0 Å². The number of nitrogens with two attached hydrogens (primary N) is 1. The Morgan fingerprint density at radius 3 is 2.55 bits per heavy atom. The summed E-state index contributed by atoms with van der Waals surface area (Å²) in [6, 6.07) is 9.57. The van der Waals surface area contributed by atoms with Gasteiger partial charge in [0, 0.05) is 37.0 Å². The van der Waals surface area contributed by atoms with E-state index in [1.165, 1.54) is 19.3 Å². The molecule has 0 spiro atoms. The number of nitrogens with zero attached hydrogens (tertiary/aromatic N) is 3. The molecule has 1 fully saturated rings. The number of carbonyl (C=O) groups is 1. The van der Waals surface area contributed by atoms with Gasteiger partial charge >= 0.3 is 0 Å². The van der Waals surface area contributed by atoms with Gasteiger partial charge in [-0.2, -0.15) is 0 Å². The molecule has 1 amide bonds. The van der Waals surface area contributed by atoms with Crippen LogP contribution < -0.4 is 16.0 Å². The first kappa shape index (κ1) is 23.8. The minimum atomic E-state index is -0.0256. The maximum Gasteiger partial charge on any atom is 0.251 e. The van der Waals surface area contributed by atoms with Crippen molar-refractivity contribution in [3.63, 3.8) is 0 Å². The molecule has 8 heteroatoms. The Morgan fingerprint density at radius 1 is 1.06 bits per heavy atom. The van der Waals surface area contributed by atoms with Gasteiger partial charge in [0.2, 0.25) is 0 Å². The second-order valence-corrected chi connectivity index (χ2v) is 9.15. The first-order valence-electron chi connectivity index (χ1n) is 11.2. The standard InChI is InChI=1S/C23H32ClN5OS/c24-20-16-21(29-14-6-3-7-15-29)28-23(27-20)31-17-18-8-10-19(11-9-18)22(30)26-13-5-2-1-4-12-25/h8-11,16H,1-7,12-15,17,25H2,(H,26,30). The first-order valence-corrected chi connectivity index (χ1v) is 12.5. The minimum Gasteiger partial charge on any atom is -0.356 e. The van der Waals surface area contributed by atoms with E-state index in [2.05, 4.69) is 15.2 Å². The molecule has 0 radical (unpaired) electrons. The molecule has 6 nitrogen and oxygen atoms in total. The van der Waals surface area contributed by atoms with Crippen molar-refractivity contribution in [3.05, 3.63) is 46.6 Å². The van der Waals surface area contributed by atoms with Gasteiger partial charge < -0.3 is 16.0 Å². The van der Waals surface area contributed by atoms with Gasteiger partial charge in [0.25, 0.3) is 5.91 Å². The van der Waals surface area contributed by atoms with Crippen LogP contribution in [-0.2, 0) is 5.75 Å². The third-order valence-corrected chi connectivity index (χ3v) is 6.45. The number of rotatable bonds is 11. The van der Waals surface area contributed by atoms with Crippen LogP contribution in [0.4, 0.5) is 5.82 Å². The molecular formula is C23H32ClN5OS. The minimum absolute atomic E-state index is 0.0256. The Bertz CT molecular complexity index is 827. The number of carbonyl (C=O) groups excluding carboxylic acids is 1. The quantitative estimate of drug-likeness (QED) is 0.219. The van der Waals surface area contributed by atoms with Crippen molar-refractivity contribution >= 4 is 35.1 Å². The molecule has 168 valence electrons. The zero-order chi connectivity index (χ0) is 21.9. The fraction of sp³-hybridized carbons (Fsp3) is 0.522. The molecule has 1 aliphatic heterocycles. The zero-order valence-corrected chi connectivity index (χ0v) is 19.6. The zero-order valence-electron chi connectivity index (χ0n) is 18.0. The number of thioether (sulfide) groups is 1. The third kappa shape index (κ3) is 7.98. The molecule has 0 saturated carbocycles. The summed E-state index contributed by atoms with van der Waals surface area (Å²) in [6.07, 6.45) is 7.91. The first-order chi connectivity index (χ1) is 15.2. The molecule has 0 atom stereocenters. The molecule has 3 N–H and O–H groups in total. The maximum atomic E-state index is 12.3. The number of nitrogens with one attached hydrogen (secondary N) is 1. The van der Waals surface area contributed by atoms with Crippen molar-refractivity contribution in [2.75, 3.05) is 31.1 Å². The Balaban J connectivity index is 1.48. The van der Waals surface area contributed by atoms with Crippen LogP contribution in [0.15, 0.2) is 35.5 Å². The van der Waals surface area contributed by atoms with Crippen LogP contribution in [0.1, 0.15) is 60.9 Å². The van der Waals surface area contributed by atoms with E-state index in [0.29, 0.717) is 22.4 Å². The monoisotopic (exact) mass is 461 g/mol. The fourth-order valence-corrected chi connectivity index (χ4v) is 4.60. The van der Waals surface area contributed by atoms with Crippen molar-refractivity contribution in [1.29, 1.82) is 0 Å². The molecule has 31 heavy (non-hydrogen) atoms. The second-order valence-electron chi connectivity index (χ2n) is 7.82. The number of hydrogen-bond donors (Lipinski definition) is 2. The average molecular weight is 462 g/mol. The van der Waals surface area contributed by atoms with Crippen LogP contribution in [-0.4, -0.2) is 42.1 Å². The lowest BCUT2D eigenvalue weighted by Gasteiger charge is -2.27. The number of hydrogen-bond acceptors (Lipinski definition) is 6. The average Bonchev–Trinajstić information content (AvgIpc) is 2.80. The van der Waals surface area contributed by atoms with E-state index in [1.807, 2.05) is 30.3 Å². The summed E-state index contributed by atoms with van der Waals surface area (Å²) in [5, 5.41) is 4.15. The summed E-state index contributed by atoms with van der Waals surface area (Å²) in [7, 11) is 0.